The zero-order valence-electron chi connectivity index (χ0n) is 43.3. The van der Waals surface area contributed by atoms with Gasteiger partial charge in [-0.3, -0.25) is 13.5 Å². The Kier molecular flexibility index (Phi) is 10.3. The molecule has 3 aliphatic heterocycles. The third-order valence-corrected chi connectivity index (χ3v) is 14.8. The molecule has 0 aliphatic carbocycles. The van der Waals surface area contributed by atoms with Crippen LogP contribution in [0, 0.1) is 6.67 Å². The molecule has 6 aromatic carbocycles. The number of ether oxygens (including phenoxy) is 1. The van der Waals surface area contributed by atoms with Gasteiger partial charge in [-0.05, 0) is 109 Å². The lowest BCUT2D eigenvalue weighted by atomic mass is 9.80. The third kappa shape index (κ3) is 7.58. The van der Waals surface area contributed by atoms with Gasteiger partial charge in [0.25, 0.3) is 0 Å². The molecule has 2 bridgehead atoms. The van der Waals surface area contributed by atoms with Crippen LogP contribution in [-0.4, -0.2) is 16.2 Å². The second-order valence-corrected chi connectivity index (χ2v) is 25.0. The van der Waals surface area contributed by atoms with Crippen molar-refractivity contribution in [2.24, 2.45) is 0 Å². The highest BCUT2D eigenvalue weighted by molar-refractivity contribution is 6.10. The van der Waals surface area contributed by atoms with Gasteiger partial charge in [0.15, 0.2) is 18.0 Å². The maximum atomic E-state index is 6.97. The molecule has 5 heteroatoms. The quantitative estimate of drug-likeness (QED) is 0.123. The predicted octanol–water partition coefficient (Wildman–Crippen LogP) is 17.5. The monoisotopic (exact) mass is 900 g/mol. The van der Waals surface area contributed by atoms with Crippen LogP contribution in [0.4, 0.5) is 22.7 Å². The summed E-state index contributed by atoms with van der Waals surface area (Å²) in [5, 5.41) is 2.38. The van der Waals surface area contributed by atoms with E-state index in [0.29, 0.717) is 8.97 Å². The van der Waals surface area contributed by atoms with Crippen LogP contribution in [0.15, 0.2) is 140 Å². The fourth-order valence-electron chi connectivity index (χ4n) is 10.6. The molecule has 0 unspecified atom stereocenters. The summed E-state index contributed by atoms with van der Waals surface area (Å²) >= 11 is 0. The van der Waals surface area contributed by atoms with E-state index in [4.69, 9.17) is 9.72 Å². The van der Waals surface area contributed by atoms with Crippen molar-refractivity contribution >= 4 is 44.6 Å². The first-order valence-corrected chi connectivity index (χ1v) is 24.6. The van der Waals surface area contributed by atoms with Gasteiger partial charge in [0, 0.05) is 52.9 Å². The largest absolute Gasteiger partial charge is 0.457 e. The summed E-state index contributed by atoms with van der Waals surface area (Å²) < 4.78 is 10.6. The first-order chi connectivity index (χ1) is 31.8. The highest BCUT2D eigenvalue weighted by Crippen LogP contribution is 2.68. The molecule has 8 aromatic rings. The number of hydrogen-bond acceptors (Lipinski definition) is 2. The minimum absolute atomic E-state index is 0.00552. The number of nitrogens with zero attached hydrogens (tertiary/aromatic N) is 4. The number of benzene rings is 6. The fraction of sp³-hybridized carbons (Fsp3) is 0.333. The van der Waals surface area contributed by atoms with E-state index in [9.17, 15) is 0 Å². The van der Waals surface area contributed by atoms with Crippen molar-refractivity contribution in [3.63, 3.8) is 0 Å². The van der Waals surface area contributed by atoms with Crippen LogP contribution >= 0.6 is 0 Å². The molecule has 348 valence electrons. The summed E-state index contributed by atoms with van der Waals surface area (Å²) in [4.78, 5) is 5.00. The second kappa shape index (κ2) is 15.2. The van der Waals surface area contributed by atoms with E-state index in [1.54, 1.807) is 0 Å². The van der Waals surface area contributed by atoms with Crippen molar-refractivity contribution in [1.29, 1.82) is 0 Å². The van der Waals surface area contributed by atoms with E-state index in [-0.39, 0.29) is 27.1 Å². The Morgan fingerprint density at radius 1 is 0.471 bits per heavy atom. The molecule has 11 rings (SSSR count). The summed E-state index contributed by atoms with van der Waals surface area (Å²) in [6, 6.07) is 50.3. The van der Waals surface area contributed by atoms with Gasteiger partial charge in [-0.2, -0.15) is 0 Å². The van der Waals surface area contributed by atoms with Crippen LogP contribution in [-0.2, 0) is 27.1 Å². The van der Waals surface area contributed by atoms with Crippen LogP contribution in [0.1, 0.15) is 132 Å². The highest BCUT2D eigenvalue weighted by Gasteiger charge is 2.64. The SMILES string of the molecule is CC(C)(C)c1cccc(-c2cccc3c2[N@@+]2(c4cc(C(C)(C)C)cc(C(C)(C)C)c4)[CH-][N@+]3(c3cccc(Oc4ccc5c6ccc(C(C)(C)C)cc6n(-c6cc(C(C)(C)C)ccn6)c5c4)c3)C2)c1. The van der Waals surface area contributed by atoms with Gasteiger partial charge in [-0.1, -0.05) is 158 Å². The highest BCUT2D eigenvalue weighted by atomic mass is 16.5. The van der Waals surface area contributed by atoms with Gasteiger partial charge in [-0.25, -0.2) is 4.98 Å². The number of quaternary nitrogens is 2. The lowest BCUT2D eigenvalue weighted by Crippen LogP contribution is -2.67. The minimum atomic E-state index is -0.0225. The first kappa shape index (κ1) is 45.8. The number of pyridine rings is 1. The molecule has 2 atom stereocenters. The molecule has 0 N–H and O–H groups in total. The molecule has 1 fully saturated rings. The molecule has 3 aliphatic rings. The molecule has 5 nitrogen and oxygen atoms in total. The van der Waals surface area contributed by atoms with Crippen molar-refractivity contribution in [2.75, 3.05) is 6.67 Å². The Hall–Kier alpha value is -6.01. The van der Waals surface area contributed by atoms with E-state index < -0.39 is 0 Å². The van der Waals surface area contributed by atoms with Gasteiger partial charge in [0.2, 0.25) is 0 Å². The predicted molar refractivity (Wildman–Crippen MR) is 289 cm³/mol. The van der Waals surface area contributed by atoms with Crippen LogP contribution in [0.2, 0.25) is 0 Å². The Labute approximate surface area is 406 Å². The average Bonchev–Trinajstić information content (AvgIpc) is 3.86. The summed E-state index contributed by atoms with van der Waals surface area (Å²) in [6.07, 6.45) is 1.95. The molecule has 0 radical (unpaired) electrons. The summed E-state index contributed by atoms with van der Waals surface area (Å²) in [7, 11) is 0. The molecule has 68 heavy (non-hydrogen) atoms. The Bertz CT molecular complexity index is 3260. The third-order valence-electron chi connectivity index (χ3n) is 14.8. The number of rotatable bonds is 6. The fourth-order valence-corrected chi connectivity index (χ4v) is 10.6. The molecular formula is C63H71N4O+. The standard InChI is InChI=1S/C63H71N4O/c1-59(2,3)42-20-16-19-41(31-42)51-23-18-24-56-58(51)67(48-33-45(62(10,11)12)32-46(34-48)63(13,14)15)39-66(56,40-67)47-21-17-22-49(37-47)68-50-26-28-53-52-27-25-43(60(4,5)6)35-54(52)65(55(53)38-50)57-36-44(29-30-64-57)61(7,8)9/h16-39H,40H2,1-15H3/q+1/t66-,67+/m1/s1. The van der Waals surface area contributed by atoms with Gasteiger partial charge in [-0.15, -0.1) is 0 Å². The minimum Gasteiger partial charge on any atom is -0.457 e. The topological polar surface area (TPSA) is 27.1 Å². The molecule has 0 amide bonds. The average molecular weight is 900 g/mol. The van der Waals surface area contributed by atoms with Crippen LogP contribution in [0.5, 0.6) is 11.5 Å². The van der Waals surface area contributed by atoms with Crippen LogP contribution in [0.3, 0.4) is 0 Å². The molecule has 1 saturated heterocycles. The molecule has 0 saturated carbocycles. The van der Waals surface area contributed by atoms with Crippen molar-refractivity contribution in [1.82, 2.24) is 18.5 Å². The van der Waals surface area contributed by atoms with Gasteiger partial charge >= 0.3 is 0 Å². The Balaban J connectivity index is 1.11. The summed E-state index contributed by atoms with van der Waals surface area (Å²) in [5.74, 6) is 2.51. The van der Waals surface area contributed by atoms with Gasteiger partial charge in [0.05, 0.1) is 17.7 Å². The molecular weight excluding hydrogens is 829 g/mol. The van der Waals surface area contributed by atoms with Crippen LogP contribution in [0.25, 0.3) is 38.8 Å². The zero-order chi connectivity index (χ0) is 48.6. The lowest BCUT2D eigenvalue weighted by molar-refractivity contribution is 0.187. The van der Waals surface area contributed by atoms with Crippen molar-refractivity contribution in [3.05, 3.63) is 174 Å². The van der Waals surface area contributed by atoms with Crippen molar-refractivity contribution in [3.8, 4) is 28.4 Å². The number of hydrogen-bond donors (Lipinski definition) is 0. The zero-order valence-corrected chi connectivity index (χ0v) is 43.3. The van der Waals surface area contributed by atoms with Crippen molar-refractivity contribution < 1.29 is 4.74 Å². The molecule has 5 heterocycles. The van der Waals surface area contributed by atoms with Gasteiger partial charge < -0.3 is 4.74 Å². The molecule has 0 spiro atoms. The number of aromatic nitrogens is 2. The summed E-state index contributed by atoms with van der Waals surface area (Å²) in [5.41, 5.74) is 16.5. The summed E-state index contributed by atoms with van der Waals surface area (Å²) in [6.45, 7) is 38.0. The smallest absolute Gasteiger partial charge is 0.188 e. The Morgan fingerprint density at radius 2 is 1.03 bits per heavy atom. The normalized spacial score (nSPS) is 18.5. The molecule has 2 aromatic heterocycles. The lowest BCUT2D eigenvalue weighted by Gasteiger charge is -2.56. The number of fused-ring (bicyclic) bond motifs is 3. The number of para-hydroxylation sites is 1. The van der Waals surface area contributed by atoms with Crippen molar-refractivity contribution in [2.45, 2.75) is 131 Å². The van der Waals surface area contributed by atoms with E-state index in [1.807, 2.05) is 6.20 Å². The Morgan fingerprint density at radius 3 is 1.68 bits per heavy atom. The maximum Gasteiger partial charge on any atom is 0.188 e. The van der Waals surface area contributed by atoms with E-state index >= 15 is 0 Å². The van der Waals surface area contributed by atoms with E-state index in [1.165, 1.54) is 72.5 Å². The van der Waals surface area contributed by atoms with Gasteiger partial charge in [0.1, 0.15) is 28.7 Å². The van der Waals surface area contributed by atoms with Crippen LogP contribution < -0.4 is 13.7 Å². The maximum absolute atomic E-state index is 6.97. The first-order valence-electron chi connectivity index (χ1n) is 24.6. The van der Waals surface area contributed by atoms with E-state index in [2.05, 4.69) is 249 Å². The second-order valence-electron chi connectivity index (χ2n) is 25.0. The van der Waals surface area contributed by atoms with E-state index in [0.717, 1.165) is 35.0 Å².